The lowest BCUT2D eigenvalue weighted by atomic mass is 9.97. The zero-order chi connectivity index (χ0) is 18.2. The maximum absolute atomic E-state index is 4.96. The third kappa shape index (κ3) is 7.47. The maximum atomic E-state index is 4.96. The second-order valence-electron chi connectivity index (χ2n) is 7.82. The third-order valence-electron chi connectivity index (χ3n) is 4.87. The van der Waals surface area contributed by atoms with Crippen LogP contribution in [-0.4, -0.2) is 60.1 Å². The average molecular weight is 475 g/mol. The Morgan fingerprint density at radius 1 is 1.42 bits per heavy atom. The molecule has 5 nitrogen and oxygen atoms in total. The highest BCUT2D eigenvalue weighted by Gasteiger charge is 2.20. The van der Waals surface area contributed by atoms with Crippen LogP contribution < -0.4 is 5.32 Å². The molecule has 1 aliphatic rings. The van der Waals surface area contributed by atoms with Crippen LogP contribution in [0.5, 0.6) is 0 Å². The lowest BCUT2D eigenvalue weighted by molar-refractivity contribution is 0.162. The molecule has 2 heterocycles. The zero-order valence-corrected chi connectivity index (χ0v) is 19.6. The first-order chi connectivity index (χ1) is 12.0. The van der Waals surface area contributed by atoms with E-state index in [0.29, 0.717) is 5.92 Å². The minimum absolute atomic E-state index is 0. The fourth-order valence-electron chi connectivity index (χ4n) is 3.65. The monoisotopic (exact) mass is 475 g/mol. The molecule has 1 unspecified atom stereocenters. The van der Waals surface area contributed by atoms with Gasteiger partial charge >= 0.3 is 0 Å². The van der Waals surface area contributed by atoms with Gasteiger partial charge in [-0.15, -0.1) is 24.0 Å². The first kappa shape index (κ1) is 23.3. The molecule has 0 aliphatic carbocycles. The van der Waals surface area contributed by atoms with Gasteiger partial charge in [0.2, 0.25) is 0 Å². The molecule has 150 valence electrons. The molecule has 1 aromatic rings. The van der Waals surface area contributed by atoms with Gasteiger partial charge in [-0.25, -0.2) is 0 Å². The molecule has 0 amide bonds. The van der Waals surface area contributed by atoms with Crippen LogP contribution in [-0.2, 0) is 13.6 Å². The Labute approximate surface area is 177 Å². The summed E-state index contributed by atoms with van der Waals surface area (Å²) in [6.07, 6.45) is 4.71. The van der Waals surface area contributed by atoms with Crippen molar-refractivity contribution in [2.45, 2.75) is 40.2 Å². The van der Waals surface area contributed by atoms with Crippen molar-refractivity contribution in [1.29, 1.82) is 0 Å². The van der Waals surface area contributed by atoms with Gasteiger partial charge in [-0.2, -0.15) is 0 Å². The molecule has 1 aromatic heterocycles. The molecule has 6 heteroatoms. The molecule has 26 heavy (non-hydrogen) atoms. The molecular weight excluding hydrogens is 437 g/mol. The van der Waals surface area contributed by atoms with Crippen molar-refractivity contribution < 1.29 is 0 Å². The predicted molar refractivity (Wildman–Crippen MR) is 122 cm³/mol. The number of hydrogen-bond donors (Lipinski definition) is 1. The van der Waals surface area contributed by atoms with E-state index in [4.69, 9.17) is 4.99 Å². The topological polar surface area (TPSA) is 35.8 Å². The normalized spacial score (nSPS) is 18.7. The highest BCUT2D eigenvalue weighted by Crippen LogP contribution is 2.18. The quantitative estimate of drug-likeness (QED) is 0.373. The Kier molecular flexibility index (Phi) is 10.6. The van der Waals surface area contributed by atoms with Crippen molar-refractivity contribution in [3.05, 3.63) is 24.0 Å². The number of likely N-dealkylation sites (tertiary alicyclic amines) is 1. The largest absolute Gasteiger partial charge is 0.357 e. The summed E-state index contributed by atoms with van der Waals surface area (Å²) in [5, 5.41) is 3.45. The van der Waals surface area contributed by atoms with Gasteiger partial charge < -0.3 is 19.7 Å². The second-order valence-corrected chi connectivity index (χ2v) is 7.82. The molecule has 0 saturated carbocycles. The lowest BCUT2D eigenvalue weighted by Gasteiger charge is -2.33. The molecule has 0 bridgehead atoms. The minimum Gasteiger partial charge on any atom is -0.357 e. The average Bonchev–Trinajstić information content (AvgIpc) is 2.96. The van der Waals surface area contributed by atoms with Gasteiger partial charge in [-0.05, 0) is 50.3 Å². The Balaban J connectivity index is 0.00000338. The molecule has 0 radical (unpaired) electrons. The number of piperidine rings is 1. The molecule has 2 rings (SSSR count). The number of rotatable bonds is 7. The number of aliphatic imine (C=N–C) groups is 1. The first-order valence-corrected chi connectivity index (χ1v) is 9.81. The number of hydrogen-bond acceptors (Lipinski definition) is 2. The fraction of sp³-hybridized carbons (Fsp3) is 0.750. The highest BCUT2D eigenvalue weighted by molar-refractivity contribution is 14.0. The van der Waals surface area contributed by atoms with Crippen molar-refractivity contribution >= 4 is 29.9 Å². The van der Waals surface area contributed by atoms with Gasteiger partial charge in [0.25, 0.3) is 0 Å². The van der Waals surface area contributed by atoms with E-state index in [1.807, 2.05) is 0 Å². The second kappa shape index (κ2) is 11.8. The third-order valence-corrected chi connectivity index (χ3v) is 4.87. The highest BCUT2D eigenvalue weighted by atomic mass is 127. The Morgan fingerprint density at radius 3 is 2.81 bits per heavy atom. The minimum atomic E-state index is 0. The number of nitrogens with zero attached hydrogens (tertiary/aromatic N) is 4. The fourth-order valence-corrected chi connectivity index (χ4v) is 3.65. The van der Waals surface area contributed by atoms with Crippen LogP contribution in [0.15, 0.2) is 23.3 Å². The van der Waals surface area contributed by atoms with Crippen molar-refractivity contribution in [2.24, 2.45) is 23.9 Å². The van der Waals surface area contributed by atoms with Crippen LogP contribution in [0.1, 0.15) is 39.3 Å². The Morgan fingerprint density at radius 2 is 2.19 bits per heavy atom. The van der Waals surface area contributed by atoms with Crippen molar-refractivity contribution in [1.82, 2.24) is 19.7 Å². The molecule has 1 aliphatic heterocycles. The Hall–Kier alpha value is -0.760. The summed E-state index contributed by atoms with van der Waals surface area (Å²) in [6, 6.07) is 4.27. The summed E-state index contributed by atoms with van der Waals surface area (Å²) in [6.45, 7) is 13.1. The molecular formula is C20H38IN5. The van der Waals surface area contributed by atoms with Crippen LogP contribution in [0.4, 0.5) is 0 Å². The van der Waals surface area contributed by atoms with Crippen molar-refractivity contribution in [2.75, 3.05) is 39.8 Å². The number of aromatic nitrogens is 1. The van der Waals surface area contributed by atoms with Gasteiger partial charge in [0.1, 0.15) is 0 Å². The van der Waals surface area contributed by atoms with Gasteiger partial charge in [0, 0.05) is 52.2 Å². The lowest BCUT2D eigenvalue weighted by Crippen LogP contribution is -2.41. The molecule has 1 atom stereocenters. The van der Waals surface area contributed by atoms with Crippen LogP contribution in [0.3, 0.4) is 0 Å². The molecule has 0 spiro atoms. The van der Waals surface area contributed by atoms with Crippen LogP contribution in [0, 0.1) is 11.8 Å². The molecule has 1 saturated heterocycles. The van der Waals surface area contributed by atoms with Gasteiger partial charge in [0.05, 0.1) is 6.54 Å². The summed E-state index contributed by atoms with van der Waals surface area (Å²) < 4.78 is 2.17. The first-order valence-electron chi connectivity index (χ1n) is 9.81. The Bertz CT molecular complexity index is 540. The van der Waals surface area contributed by atoms with Crippen molar-refractivity contribution in [3.8, 4) is 0 Å². The van der Waals surface area contributed by atoms with E-state index in [9.17, 15) is 0 Å². The smallest absolute Gasteiger partial charge is 0.194 e. The van der Waals surface area contributed by atoms with E-state index in [1.165, 1.54) is 38.2 Å². The SMILES string of the molecule is CCNC(=NCC1CCCN(CC(C)C)C1)N(C)Cc1cccn1C.I. The van der Waals surface area contributed by atoms with Crippen LogP contribution >= 0.6 is 24.0 Å². The summed E-state index contributed by atoms with van der Waals surface area (Å²) in [7, 11) is 4.22. The zero-order valence-electron chi connectivity index (χ0n) is 17.2. The number of aryl methyl sites for hydroxylation is 1. The number of halogens is 1. The van der Waals surface area contributed by atoms with E-state index < -0.39 is 0 Å². The van der Waals surface area contributed by atoms with E-state index >= 15 is 0 Å². The summed E-state index contributed by atoms with van der Waals surface area (Å²) >= 11 is 0. The standard InChI is InChI=1S/C20H37N5.HI/c1-6-21-20(24(5)16-19-10-8-11-23(19)4)22-13-18-9-7-12-25(15-18)14-17(2)3;/h8,10-11,17-18H,6-7,9,12-16H2,1-5H3,(H,21,22);1H. The molecule has 1 N–H and O–H groups in total. The van der Waals surface area contributed by atoms with E-state index in [1.54, 1.807) is 0 Å². The summed E-state index contributed by atoms with van der Waals surface area (Å²) in [5.41, 5.74) is 1.30. The van der Waals surface area contributed by atoms with Gasteiger partial charge in [-0.3, -0.25) is 4.99 Å². The molecule has 1 fully saturated rings. The maximum Gasteiger partial charge on any atom is 0.194 e. The van der Waals surface area contributed by atoms with E-state index in [0.717, 1.165) is 31.5 Å². The van der Waals surface area contributed by atoms with Gasteiger partial charge in [0.15, 0.2) is 5.96 Å². The molecule has 0 aromatic carbocycles. The van der Waals surface area contributed by atoms with Crippen LogP contribution in [0.25, 0.3) is 0 Å². The van der Waals surface area contributed by atoms with Crippen molar-refractivity contribution in [3.63, 3.8) is 0 Å². The van der Waals surface area contributed by atoms with E-state index in [-0.39, 0.29) is 24.0 Å². The predicted octanol–water partition coefficient (Wildman–Crippen LogP) is 3.41. The number of nitrogens with one attached hydrogen (secondary N) is 1. The van der Waals surface area contributed by atoms with Gasteiger partial charge in [-0.1, -0.05) is 13.8 Å². The van der Waals surface area contributed by atoms with Crippen LogP contribution in [0.2, 0.25) is 0 Å². The van der Waals surface area contributed by atoms with E-state index in [2.05, 4.69) is 72.9 Å². The number of guanidine groups is 1. The summed E-state index contributed by atoms with van der Waals surface area (Å²) in [4.78, 5) is 9.81. The summed E-state index contributed by atoms with van der Waals surface area (Å²) in [5.74, 6) is 2.45.